The fourth-order valence-electron chi connectivity index (χ4n) is 2.25. The first-order valence-electron chi connectivity index (χ1n) is 5.43. The molecule has 0 bridgehead atoms. The largest absolute Gasteiger partial charge is 0.508 e. The van der Waals surface area contributed by atoms with Crippen molar-refractivity contribution in [1.29, 1.82) is 0 Å². The highest BCUT2D eigenvalue weighted by atomic mass is 16.3. The normalized spacial score (nSPS) is 13.4. The van der Waals surface area contributed by atoms with Crippen LogP contribution in [-0.4, -0.2) is 5.11 Å². The van der Waals surface area contributed by atoms with Crippen molar-refractivity contribution in [2.75, 3.05) is 0 Å². The molecular formula is C15H12O. The van der Waals surface area contributed by atoms with Gasteiger partial charge in [0.2, 0.25) is 0 Å². The van der Waals surface area contributed by atoms with Crippen LogP contribution in [0.5, 0.6) is 5.75 Å². The van der Waals surface area contributed by atoms with E-state index in [1.807, 2.05) is 24.3 Å². The summed E-state index contributed by atoms with van der Waals surface area (Å²) in [4.78, 5) is 0. The van der Waals surface area contributed by atoms with Crippen LogP contribution in [0.3, 0.4) is 0 Å². The lowest BCUT2D eigenvalue weighted by molar-refractivity contribution is 0.470. The van der Waals surface area contributed by atoms with Crippen molar-refractivity contribution in [2.24, 2.45) is 0 Å². The second-order valence-corrected chi connectivity index (χ2v) is 3.99. The van der Waals surface area contributed by atoms with Gasteiger partial charge in [-0.25, -0.2) is 0 Å². The van der Waals surface area contributed by atoms with Crippen molar-refractivity contribution in [3.8, 4) is 5.75 Å². The van der Waals surface area contributed by atoms with Crippen LogP contribution in [0.4, 0.5) is 0 Å². The van der Waals surface area contributed by atoms with Crippen molar-refractivity contribution in [1.82, 2.24) is 0 Å². The van der Waals surface area contributed by atoms with Crippen LogP contribution in [0.15, 0.2) is 54.6 Å². The van der Waals surface area contributed by atoms with E-state index in [9.17, 15) is 5.11 Å². The van der Waals surface area contributed by atoms with E-state index in [-0.39, 0.29) is 0 Å². The van der Waals surface area contributed by atoms with Crippen LogP contribution in [0.1, 0.15) is 16.7 Å². The molecule has 1 heteroatoms. The number of fused-ring (bicyclic) bond motifs is 1. The Labute approximate surface area is 94.7 Å². The van der Waals surface area contributed by atoms with Gasteiger partial charge in [-0.1, -0.05) is 48.5 Å². The summed E-state index contributed by atoms with van der Waals surface area (Å²) in [6.45, 7) is 0. The molecule has 0 saturated heterocycles. The summed E-state index contributed by atoms with van der Waals surface area (Å²) in [7, 11) is 0. The van der Waals surface area contributed by atoms with Gasteiger partial charge in [-0.3, -0.25) is 0 Å². The second kappa shape index (κ2) is 3.53. The quantitative estimate of drug-likeness (QED) is 0.761. The molecule has 0 unspecified atom stereocenters. The van der Waals surface area contributed by atoms with Crippen molar-refractivity contribution in [2.45, 2.75) is 6.42 Å². The molecule has 0 radical (unpaired) electrons. The molecule has 16 heavy (non-hydrogen) atoms. The summed E-state index contributed by atoms with van der Waals surface area (Å²) in [5, 5.41) is 9.76. The summed E-state index contributed by atoms with van der Waals surface area (Å²) in [5.74, 6) is 0.402. The molecule has 0 aromatic heterocycles. The molecule has 1 nitrogen and oxygen atoms in total. The lowest BCUT2D eigenvalue weighted by Crippen LogP contribution is -1.86. The first-order chi connectivity index (χ1) is 7.86. The first-order valence-corrected chi connectivity index (χ1v) is 5.43. The zero-order valence-corrected chi connectivity index (χ0v) is 8.85. The fraction of sp³-hybridized carbons (Fsp3) is 0.0667. The van der Waals surface area contributed by atoms with Crippen LogP contribution in [0, 0.1) is 0 Å². The maximum absolute atomic E-state index is 9.76. The number of hydrogen-bond acceptors (Lipinski definition) is 1. The molecule has 0 heterocycles. The summed E-state index contributed by atoms with van der Waals surface area (Å²) in [6, 6.07) is 16.0. The summed E-state index contributed by atoms with van der Waals surface area (Å²) in [6.07, 6.45) is 3.01. The van der Waals surface area contributed by atoms with E-state index in [1.165, 1.54) is 11.1 Å². The molecule has 0 amide bonds. The minimum Gasteiger partial charge on any atom is -0.508 e. The van der Waals surface area contributed by atoms with Crippen LogP contribution in [-0.2, 0) is 6.42 Å². The van der Waals surface area contributed by atoms with Gasteiger partial charge in [-0.2, -0.15) is 0 Å². The third-order valence-corrected chi connectivity index (χ3v) is 3.04. The van der Waals surface area contributed by atoms with Gasteiger partial charge in [0.1, 0.15) is 5.75 Å². The lowest BCUT2D eigenvalue weighted by Gasteiger charge is -2.06. The molecule has 0 fully saturated rings. The number of aromatic hydroxyl groups is 1. The zero-order valence-electron chi connectivity index (χ0n) is 8.85. The van der Waals surface area contributed by atoms with Gasteiger partial charge in [-0.15, -0.1) is 0 Å². The average molecular weight is 208 g/mol. The highest BCUT2D eigenvalue weighted by Crippen LogP contribution is 2.36. The van der Waals surface area contributed by atoms with E-state index >= 15 is 0 Å². The Kier molecular flexibility index (Phi) is 2.03. The monoisotopic (exact) mass is 208 g/mol. The molecule has 78 valence electrons. The van der Waals surface area contributed by atoms with E-state index in [0.29, 0.717) is 5.75 Å². The highest BCUT2D eigenvalue weighted by Gasteiger charge is 2.17. The second-order valence-electron chi connectivity index (χ2n) is 3.99. The molecule has 0 saturated carbocycles. The SMILES string of the molecule is Oc1cccc2c1CC=C2c1ccccc1. The lowest BCUT2D eigenvalue weighted by atomic mass is 9.99. The van der Waals surface area contributed by atoms with Gasteiger partial charge in [0.25, 0.3) is 0 Å². The predicted molar refractivity (Wildman–Crippen MR) is 65.3 cm³/mol. The van der Waals surface area contributed by atoms with Crippen molar-refractivity contribution in [3.63, 3.8) is 0 Å². The van der Waals surface area contributed by atoms with E-state index in [1.54, 1.807) is 6.07 Å². The molecular weight excluding hydrogens is 196 g/mol. The molecule has 1 aliphatic rings. The zero-order chi connectivity index (χ0) is 11.0. The Morgan fingerprint density at radius 2 is 1.69 bits per heavy atom. The van der Waals surface area contributed by atoms with Crippen LogP contribution >= 0.6 is 0 Å². The van der Waals surface area contributed by atoms with Crippen molar-refractivity contribution < 1.29 is 5.11 Å². The van der Waals surface area contributed by atoms with E-state index in [2.05, 4.69) is 24.3 Å². The number of benzene rings is 2. The van der Waals surface area contributed by atoms with Gasteiger partial charge >= 0.3 is 0 Å². The number of phenolic OH excluding ortho intramolecular Hbond substituents is 1. The summed E-state index contributed by atoms with van der Waals surface area (Å²) in [5.41, 5.74) is 4.64. The number of phenols is 1. The van der Waals surface area contributed by atoms with Crippen LogP contribution < -0.4 is 0 Å². The molecule has 1 N–H and O–H groups in total. The molecule has 0 atom stereocenters. The van der Waals surface area contributed by atoms with Gasteiger partial charge in [-0.05, 0) is 29.2 Å². The number of hydrogen-bond donors (Lipinski definition) is 1. The summed E-state index contributed by atoms with van der Waals surface area (Å²) < 4.78 is 0. The van der Waals surface area contributed by atoms with Gasteiger partial charge in [0.15, 0.2) is 0 Å². The Morgan fingerprint density at radius 1 is 0.875 bits per heavy atom. The van der Waals surface area contributed by atoms with Gasteiger partial charge in [0.05, 0.1) is 0 Å². The molecule has 3 rings (SSSR count). The average Bonchev–Trinajstić information content (AvgIpc) is 2.75. The predicted octanol–water partition coefficient (Wildman–Crippen LogP) is 3.38. The van der Waals surface area contributed by atoms with Crippen LogP contribution in [0.2, 0.25) is 0 Å². The molecule has 2 aromatic rings. The smallest absolute Gasteiger partial charge is 0.119 e. The molecule has 1 aliphatic carbocycles. The standard InChI is InChI=1S/C15H12O/c16-15-8-4-7-13-12(9-10-14(13)15)11-5-2-1-3-6-11/h1-9,16H,10H2. The van der Waals surface area contributed by atoms with E-state index < -0.39 is 0 Å². The maximum Gasteiger partial charge on any atom is 0.119 e. The fourth-order valence-corrected chi connectivity index (χ4v) is 2.25. The Hall–Kier alpha value is -2.02. The Morgan fingerprint density at radius 3 is 2.50 bits per heavy atom. The van der Waals surface area contributed by atoms with Crippen LogP contribution in [0.25, 0.3) is 5.57 Å². The topological polar surface area (TPSA) is 20.2 Å². The summed E-state index contributed by atoms with van der Waals surface area (Å²) >= 11 is 0. The highest BCUT2D eigenvalue weighted by molar-refractivity contribution is 5.85. The van der Waals surface area contributed by atoms with Gasteiger partial charge < -0.3 is 5.11 Å². The minimum atomic E-state index is 0.402. The molecule has 0 aliphatic heterocycles. The maximum atomic E-state index is 9.76. The molecule has 0 spiro atoms. The van der Waals surface area contributed by atoms with Gasteiger partial charge in [0, 0.05) is 5.56 Å². The number of rotatable bonds is 1. The van der Waals surface area contributed by atoms with E-state index in [4.69, 9.17) is 0 Å². The molecule has 2 aromatic carbocycles. The number of allylic oxidation sites excluding steroid dienone is 1. The third-order valence-electron chi connectivity index (χ3n) is 3.04. The van der Waals surface area contributed by atoms with Crippen molar-refractivity contribution in [3.05, 3.63) is 71.3 Å². The van der Waals surface area contributed by atoms with E-state index in [0.717, 1.165) is 17.5 Å². The Balaban J connectivity index is 2.13. The Bertz CT molecular complexity index is 553. The minimum absolute atomic E-state index is 0.402. The third kappa shape index (κ3) is 1.33. The van der Waals surface area contributed by atoms with Crippen molar-refractivity contribution >= 4 is 5.57 Å². The first kappa shape index (κ1) is 9.22.